The van der Waals surface area contributed by atoms with E-state index in [0.717, 1.165) is 68.7 Å². The summed E-state index contributed by atoms with van der Waals surface area (Å²) in [5.41, 5.74) is 5.72. The van der Waals surface area contributed by atoms with Crippen LogP contribution in [-0.2, 0) is 19.1 Å². The largest absolute Gasteiger partial charge is 0.453 e. The Morgan fingerprint density at radius 2 is 1.18 bits per heavy atom. The Morgan fingerprint density at radius 1 is 0.683 bits per heavy atom. The van der Waals surface area contributed by atoms with Crippen LogP contribution in [0, 0.1) is 35.5 Å². The molecule has 10 atom stereocenters. The molecular weight excluding hydrogens is 761 g/mol. The number of likely N-dealkylation sites (tertiary alicyclic amines) is 2. The van der Waals surface area contributed by atoms with Gasteiger partial charge in [0.25, 0.3) is 0 Å². The third kappa shape index (κ3) is 6.73. The van der Waals surface area contributed by atoms with E-state index in [9.17, 15) is 19.2 Å². The van der Waals surface area contributed by atoms with Crippen molar-refractivity contribution < 1.29 is 28.7 Å². The molecule has 4 aliphatic rings. The van der Waals surface area contributed by atoms with Gasteiger partial charge >= 0.3 is 12.2 Å². The summed E-state index contributed by atoms with van der Waals surface area (Å²) in [7, 11) is 2.61. The number of nitrogens with one attached hydrogen (secondary N) is 4. The number of H-pyrrole nitrogens is 2. The number of aromatic nitrogens is 4. The number of amides is 4. The second kappa shape index (κ2) is 15.0. The Bertz CT molecular complexity index is 2510. The van der Waals surface area contributed by atoms with Gasteiger partial charge in [-0.25, -0.2) is 19.6 Å². The van der Waals surface area contributed by atoms with Crippen molar-refractivity contribution in [2.24, 2.45) is 35.5 Å². The molecule has 2 aliphatic heterocycles. The van der Waals surface area contributed by atoms with E-state index in [1.54, 1.807) is 0 Å². The van der Waals surface area contributed by atoms with Crippen LogP contribution in [0.4, 0.5) is 9.59 Å². The monoisotopic (exact) mass is 814 g/mol. The molecule has 0 unspecified atom stereocenters. The summed E-state index contributed by atoms with van der Waals surface area (Å²) in [6, 6.07) is 17.5. The Labute approximate surface area is 349 Å². The number of fused-ring (bicyclic) bond motifs is 4. The molecule has 2 saturated carbocycles. The maximum atomic E-state index is 14.0. The summed E-state index contributed by atoms with van der Waals surface area (Å²) < 4.78 is 9.67. The standard InChI is InChI=1S/C46H54N8O6/c1-21(2)37(51-45(57)59-7)43(55)53-35(18-30-23(5)39(30)53)41-47-20-34(50-41)29-12-11-25-15-26(9-10-27(25)16-29)28-13-14-32-33(17-28)49-42(48-32)36-19-31-24(6)40(31)54(36)44(56)38(22(3)4)52-46(58)60-8/h9-17,20-24,30-31,35-40H,18-19H2,1-8H3,(H,47,50)(H,48,49)(H,51,57)(H,52,58)/t23-,24-,30+,31+,35+,36+,37+,38+,39-,40-/m1/s1. The van der Waals surface area contributed by atoms with E-state index in [1.807, 2.05) is 49.8 Å². The first-order valence-corrected chi connectivity index (χ1v) is 21.2. The number of benzene rings is 3. The second-order valence-electron chi connectivity index (χ2n) is 18.0. The lowest BCUT2D eigenvalue weighted by Crippen LogP contribution is -2.52. The fourth-order valence-electron chi connectivity index (χ4n) is 10.3. The third-order valence-corrected chi connectivity index (χ3v) is 13.8. The molecule has 4 N–H and O–H groups in total. The van der Waals surface area contributed by atoms with Crippen LogP contribution >= 0.6 is 0 Å². The Morgan fingerprint density at radius 3 is 1.73 bits per heavy atom. The molecule has 2 aromatic heterocycles. The number of ether oxygens (including phenoxy) is 2. The van der Waals surface area contributed by atoms with Crippen molar-refractivity contribution in [1.82, 2.24) is 40.4 Å². The van der Waals surface area contributed by atoms with E-state index < -0.39 is 24.3 Å². The number of rotatable bonds is 10. The first kappa shape index (κ1) is 39.5. The van der Waals surface area contributed by atoms with E-state index in [0.29, 0.717) is 23.7 Å². The fraction of sp³-hybridized carbons (Fsp3) is 0.478. The van der Waals surface area contributed by atoms with Crippen molar-refractivity contribution in [3.05, 3.63) is 72.4 Å². The van der Waals surface area contributed by atoms with Crippen LogP contribution in [0.5, 0.6) is 0 Å². The van der Waals surface area contributed by atoms with Crippen LogP contribution in [0.3, 0.4) is 0 Å². The van der Waals surface area contributed by atoms with Crippen molar-refractivity contribution in [3.8, 4) is 22.4 Å². The summed E-state index contributed by atoms with van der Waals surface area (Å²) in [4.78, 5) is 73.1. The zero-order valence-electron chi connectivity index (χ0n) is 35.4. The summed E-state index contributed by atoms with van der Waals surface area (Å²) >= 11 is 0. The van der Waals surface area contributed by atoms with Crippen LogP contribution in [0.15, 0.2) is 60.8 Å². The summed E-state index contributed by atoms with van der Waals surface area (Å²) in [5, 5.41) is 7.70. The molecule has 0 bridgehead atoms. The van der Waals surface area contributed by atoms with Gasteiger partial charge in [-0.05, 0) is 94.5 Å². The van der Waals surface area contributed by atoms with Gasteiger partial charge in [-0.15, -0.1) is 0 Å². The van der Waals surface area contributed by atoms with Gasteiger partial charge in [0.2, 0.25) is 11.8 Å². The number of methoxy groups -OCH3 is 2. The van der Waals surface area contributed by atoms with Gasteiger partial charge in [0, 0.05) is 17.6 Å². The van der Waals surface area contributed by atoms with Crippen molar-refractivity contribution in [2.45, 2.75) is 90.6 Å². The molecule has 60 heavy (non-hydrogen) atoms. The highest BCUT2D eigenvalue weighted by atomic mass is 16.5. The Balaban J connectivity index is 0.931. The molecule has 4 heterocycles. The second-order valence-corrected chi connectivity index (χ2v) is 18.0. The number of aromatic amines is 2. The van der Waals surface area contributed by atoms with E-state index in [4.69, 9.17) is 19.4 Å². The maximum absolute atomic E-state index is 14.0. The molecule has 314 valence electrons. The lowest BCUT2D eigenvalue weighted by atomic mass is 9.99. The maximum Gasteiger partial charge on any atom is 0.407 e. The molecule has 0 radical (unpaired) electrons. The molecule has 9 rings (SSSR count). The first-order valence-electron chi connectivity index (χ1n) is 21.2. The fourth-order valence-corrected chi connectivity index (χ4v) is 10.3. The van der Waals surface area contributed by atoms with Gasteiger partial charge in [-0.3, -0.25) is 9.59 Å². The van der Waals surface area contributed by atoms with E-state index in [1.165, 1.54) is 14.2 Å². The highest BCUT2D eigenvalue weighted by molar-refractivity contribution is 5.92. The summed E-state index contributed by atoms with van der Waals surface area (Å²) in [5.74, 6) is 2.72. The molecule has 4 fully saturated rings. The molecule has 2 saturated heterocycles. The molecular formula is C46H54N8O6. The van der Waals surface area contributed by atoms with E-state index in [2.05, 4.69) is 83.0 Å². The lowest BCUT2D eigenvalue weighted by molar-refractivity contribution is -0.137. The van der Waals surface area contributed by atoms with E-state index >= 15 is 0 Å². The quantitative estimate of drug-likeness (QED) is 0.113. The molecule has 3 aromatic carbocycles. The SMILES string of the molecule is COC(=O)N[C@H](C(=O)N1[C@@H]2[C@H](C)[C@@H]2C[C@H]1c1ncc(-c2ccc3cc(-c4ccc5nc([C@@H]6C[C@H]7[C@@H](C)[C@H]7N6C(=O)[C@@H](NC(=O)OC)C(C)C)[nH]c5c4)ccc3c2)[nH]1)C(C)C. The first-order chi connectivity index (χ1) is 28.8. The predicted octanol–water partition coefficient (Wildman–Crippen LogP) is 7.35. The van der Waals surface area contributed by atoms with Crippen molar-refractivity contribution in [2.75, 3.05) is 14.2 Å². The van der Waals surface area contributed by atoms with Crippen molar-refractivity contribution >= 4 is 45.8 Å². The molecule has 2 aliphatic carbocycles. The zero-order chi connectivity index (χ0) is 42.3. The van der Waals surface area contributed by atoms with Gasteiger partial charge in [0.05, 0.1) is 49.2 Å². The van der Waals surface area contributed by atoms with Gasteiger partial charge < -0.3 is 39.9 Å². The van der Waals surface area contributed by atoms with E-state index in [-0.39, 0.29) is 47.8 Å². The number of imidazole rings is 2. The molecule has 4 amide bonds. The minimum Gasteiger partial charge on any atom is -0.453 e. The number of piperidine rings is 2. The van der Waals surface area contributed by atoms with Gasteiger partial charge in [-0.1, -0.05) is 71.9 Å². The highest BCUT2D eigenvalue weighted by Gasteiger charge is 2.62. The van der Waals surface area contributed by atoms with Crippen LogP contribution in [-0.4, -0.2) is 92.1 Å². The minimum atomic E-state index is -0.695. The lowest BCUT2D eigenvalue weighted by Gasteiger charge is -2.32. The highest BCUT2D eigenvalue weighted by Crippen LogP contribution is 2.59. The smallest absolute Gasteiger partial charge is 0.407 e. The predicted molar refractivity (Wildman–Crippen MR) is 226 cm³/mol. The molecule has 14 heteroatoms. The molecule has 0 spiro atoms. The number of hydrogen-bond acceptors (Lipinski definition) is 8. The van der Waals surface area contributed by atoms with Crippen LogP contribution in [0.25, 0.3) is 44.2 Å². The number of carbonyl (C=O) groups excluding carboxylic acids is 4. The zero-order valence-corrected chi connectivity index (χ0v) is 35.4. The third-order valence-electron chi connectivity index (χ3n) is 13.8. The average Bonchev–Trinajstić information content (AvgIpc) is 3.70. The van der Waals surface area contributed by atoms with Gasteiger partial charge in [-0.2, -0.15) is 0 Å². The van der Waals surface area contributed by atoms with Crippen LogP contribution < -0.4 is 10.6 Å². The summed E-state index contributed by atoms with van der Waals surface area (Å²) in [6.45, 7) is 12.1. The topological polar surface area (TPSA) is 175 Å². The number of nitrogens with zero attached hydrogens (tertiary/aromatic N) is 4. The summed E-state index contributed by atoms with van der Waals surface area (Å²) in [6.07, 6.45) is 2.27. The molecule has 5 aromatic rings. The Kier molecular flexibility index (Phi) is 9.86. The van der Waals surface area contributed by atoms with Crippen LogP contribution in [0.1, 0.15) is 78.1 Å². The minimum absolute atomic E-state index is 0.102. The number of hydrogen-bond donors (Lipinski definition) is 4. The van der Waals surface area contributed by atoms with Crippen molar-refractivity contribution in [1.29, 1.82) is 0 Å². The normalized spacial score (nSPS) is 26.2. The van der Waals surface area contributed by atoms with Gasteiger partial charge in [0.15, 0.2) is 0 Å². The number of carbonyl (C=O) groups is 4. The molecule has 14 nitrogen and oxygen atoms in total. The van der Waals surface area contributed by atoms with Gasteiger partial charge in [0.1, 0.15) is 23.7 Å². The Hall–Kier alpha value is -5.92. The number of alkyl carbamates (subject to hydrolysis) is 2. The van der Waals surface area contributed by atoms with Crippen LogP contribution in [0.2, 0.25) is 0 Å². The average molecular weight is 815 g/mol. The van der Waals surface area contributed by atoms with Crippen molar-refractivity contribution in [3.63, 3.8) is 0 Å².